The Morgan fingerprint density at radius 2 is 1.93 bits per heavy atom. The summed E-state index contributed by atoms with van der Waals surface area (Å²) in [5.74, 6) is 2.45. The van der Waals surface area contributed by atoms with Crippen molar-refractivity contribution in [3.05, 3.63) is 23.2 Å². The average molecular weight is 194 g/mol. The number of hydrogen-bond donors (Lipinski definition) is 0. The molecule has 0 fully saturated rings. The van der Waals surface area contributed by atoms with Gasteiger partial charge in [-0.15, -0.1) is 0 Å². The summed E-state index contributed by atoms with van der Waals surface area (Å²) in [4.78, 5) is 0. The van der Waals surface area contributed by atoms with Crippen LogP contribution in [0.2, 0.25) is 0 Å². The van der Waals surface area contributed by atoms with Crippen molar-refractivity contribution in [3.63, 3.8) is 0 Å². The van der Waals surface area contributed by atoms with Crippen molar-refractivity contribution in [1.82, 2.24) is 0 Å². The quantitative estimate of drug-likeness (QED) is 0.696. The van der Waals surface area contributed by atoms with Crippen LogP contribution in [0.1, 0.15) is 56.9 Å². The van der Waals surface area contributed by atoms with Crippen LogP contribution >= 0.6 is 0 Å². The Hall–Kier alpha value is -0.720. The maximum Gasteiger partial charge on any atom is 0.110 e. The third-order valence-electron chi connectivity index (χ3n) is 3.40. The fraction of sp³-hybridized carbons (Fsp3) is 0.692. The molecule has 0 radical (unpaired) electrons. The van der Waals surface area contributed by atoms with Gasteiger partial charge in [0.1, 0.15) is 5.76 Å². The van der Waals surface area contributed by atoms with E-state index in [0.717, 1.165) is 6.42 Å². The van der Waals surface area contributed by atoms with Crippen molar-refractivity contribution >= 4 is 0 Å². The van der Waals surface area contributed by atoms with E-state index in [9.17, 15) is 0 Å². The molecular weight excluding hydrogens is 172 g/mol. The molecule has 0 aliphatic carbocycles. The molecule has 0 bridgehead atoms. The van der Waals surface area contributed by atoms with Gasteiger partial charge in [-0.25, -0.2) is 0 Å². The van der Waals surface area contributed by atoms with Gasteiger partial charge in [-0.1, -0.05) is 34.1 Å². The molecular formula is C13H22O. The Labute approximate surface area is 87.5 Å². The van der Waals surface area contributed by atoms with Gasteiger partial charge < -0.3 is 4.42 Å². The molecule has 80 valence electrons. The van der Waals surface area contributed by atoms with Gasteiger partial charge in [0.2, 0.25) is 0 Å². The van der Waals surface area contributed by atoms with Crippen molar-refractivity contribution in [3.8, 4) is 0 Å². The first-order chi connectivity index (χ1) is 6.61. The molecule has 1 heteroatoms. The van der Waals surface area contributed by atoms with Gasteiger partial charge >= 0.3 is 0 Å². The largest absolute Gasteiger partial charge is 0.468 e. The Bertz CT molecular complexity index is 285. The van der Waals surface area contributed by atoms with E-state index in [1.807, 2.05) is 6.26 Å². The highest BCUT2D eigenvalue weighted by Crippen LogP contribution is 2.31. The van der Waals surface area contributed by atoms with Crippen molar-refractivity contribution in [2.45, 2.75) is 53.4 Å². The average Bonchev–Trinajstić information content (AvgIpc) is 2.57. The molecule has 0 saturated heterocycles. The van der Waals surface area contributed by atoms with Crippen molar-refractivity contribution in [2.75, 3.05) is 0 Å². The molecule has 2 unspecified atom stereocenters. The fourth-order valence-corrected chi connectivity index (χ4v) is 1.94. The third-order valence-corrected chi connectivity index (χ3v) is 3.40. The highest BCUT2D eigenvalue weighted by atomic mass is 16.3. The summed E-state index contributed by atoms with van der Waals surface area (Å²) in [6.45, 7) is 11.1. The van der Waals surface area contributed by atoms with Crippen LogP contribution in [0.4, 0.5) is 0 Å². The van der Waals surface area contributed by atoms with Gasteiger partial charge in [0.05, 0.1) is 6.26 Å². The molecule has 1 aromatic heterocycles. The molecule has 0 saturated carbocycles. The molecule has 0 amide bonds. The van der Waals surface area contributed by atoms with E-state index >= 15 is 0 Å². The minimum absolute atomic E-state index is 0.545. The molecule has 0 aliphatic rings. The van der Waals surface area contributed by atoms with Crippen LogP contribution in [0.25, 0.3) is 0 Å². The lowest BCUT2D eigenvalue weighted by Gasteiger charge is -2.17. The number of rotatable bonds is 4. The summed E-state index contributed by atoms with van der Waals surface area (Å²) < 4.78 is 5.67. The summed E-state index contributed by atoms with van der Waals surface area (Å²) in [6.07, 6.45) is 4.19. The van der Waals surface area contributed by atoms with E-state index in [-0.39, 0.29) is 0 Å². The monoisotopic (exact) mass is 194 g/mol. The van der Waals surface area contributed by atoms with E-state index in [2.05, 4.69) is 34.6 Å². The molecule has 0 aromatic carbocycles. The van der Waals surface area contributed by atoms with Gasteiger partial charge in [0.15, 0.2) is 0 Å². The predicted octanol–water partition coefficient (Wildman–Crippen LogP) is 4.30. The van der Waals surface area contributed by atoms with Crippen LogP contribution < -0.4 is 0 Å². The molecule has 0 N–H and O–H groups in total. The van der Waals surface area contributed by atoms with Gasteiger partial charge in [-0.05, 0) is 30.4 Å². The highest BCUT2D eigenvalue weighted by molar-refractivity contribution is 5.29. The third kappa shape index (κ3) is 2.02. The second-order valence-electron chi connectivity index (χ2n) is 4.29. The Kier molecular flexibility index (Phi) is 3.79. The van der Waals surface area contributed by atoms with Crippen LogP contribution in [0, 0.1) is 12.8 Å². The molecule has 1 aromatic rings. The smallest absolute Gasteiger partial charge is 0.110 e. The number of furan rings is 1. The van der Waals surface area contributed by atoms with Gasteiger partial charge in [0, 0.05) is 5.92 Å². The van der Waals surface area contributed by atoms with Crippen LogP contribution in [0.15, 0.2) is 10.7 Å². The van der Waals surface area contributed by atoms with Crippen LogP contribution in [0.3, 0.4) is 0 Å². The molecule has 14 heavy (non-hydrogen) atoms. The van der Waals surface area contributed by atoms with E-state index < -0.39 is 0 Å². The summed E-state index contributed by atoms with van der Waals surface area (Å²) >= 11 is 0. The van der Waals surface area contributed by atoms with Crippen molar-refractivity contribution in [1.29, 1.82) is 0 Å². The van der Waals surface area contributed by atoms with Crippen molar-refractivity contribution in [2.24, 2.45) is 5.92 Å². The zero-order valence-corrected chi connectivity index (χ0v) is 10.1. The lowest BCUT2D eigenvalue weighted by molar-refractivity contribution is 0.385. The Balaban J connectivity index is 2.94. The zero-order chi connectivity index (χ0) is 10.7. The Morgan fingerprint density at radius 3 is 2.43 bits per heavy atom. The normalized spacial score (nSPS) is 15.5. The van der Waals surface area contributed by atoms with Gasteiger partial charge in [-0.2, -0.15) is 0 Å². The molecule has 1 nitrogen and oxygen atoms in total. The minimum atomic E-state index is 0.545. The summed E-state index contributed by atoms with van der Waals surface area (Å²) in [6, 6.07) is 0. The SMILES string of the molecule is CCc1c(C)coc1C(C)C(C)CC. The van der Waals surface area contributed by atoms with E-state index in [4.69, 9.17) is 4.42 Å². The first kappa shape index (κ1) is 11.4. The molecule has 0 spiro atoms. The molecule has 1 heterocycles. The fourth-order valence-electron chi connectivity index (χ4n) is 1.94. The van der Waals surface area contributed by atoms with Crippen LogP contribution in [-0.2, 0) is 6.42 Å². The van der Waals surface area contributed by atoms with Gasteiger partial charge in [0.25, 0.3) is 0 Å². The first-order valence-electron chi connectivity index (χ1n) is 5.68. The lowest BCUT2D eigenvalue weighted by Crippen LogP contribution is -2.06. The Morgan fingerprint density at radius 1 is 1.29 bits per heavy atom. The molecule has 2 atom stereocenters. The molecule has 1 rings (SSSR count). The summed E-state index contributed by atoms with van der Waals surface area (Å²) in [7, 11) is 0. The summed E-state index contributed by atoms with van der Waals surface area (Å²) in [5, 5.41) is 0. The molecule has 0 aliphatic heterocycles. The first-order valence-corrected chi connectivity index (χ1v) is 5.68. The maximum absolute atomic E-state index is 5.67. The second-order valence-corrected chi connectivity index (χ2v) is 4.29. The minimum Gasteiger partial charge on any atom is -0.468 e. The standard InChI is InChI=1S/C13H22O/c1-6-9(3)11(5)13-12(7-2)10(4)8-14-13/h8-9,11H,6-7H2,1-5H3. The second kappa shape index (κ2) is 4.68. The number of hydrogen-bond acceptors (Lipinski definition) is 1. The summed E-state index contributed by atoms with van der Waals surface area (Å²) in [5.41, 5.74) is 2.72. The van der Waals surface area contributed by atoms with Gasteiger partial charge in [-0.3, -0.25) is 0 Å². The number of aryl methyl sites for hydroxylation is 1. The highest BCUT2D eigenvalue weighted by Gasteiger charge is 2.20. The lowest BCUT2D eigenvalue weighted by atomic mass is 9.88. The zero-order valence-electron chi connectivity index (χ0n) is 10.1. The topological polar surface area (TPSA) is 13.1 Å². The predicted molar refractivity (Wildman–Crippen MR) is 60.7 cm³/mol. The van der Waals surface area contributed by atoms with E-state index in [0.29, 0.717) is 11.8 Å². The van der Waals surface area contributed by atoms with Crippen LogP contribution in [-0.4, -0.2) is 0 Å². The van der Waals surface area contributed by atoms with Crippen LogP contribution in [0.5, 0.6) is 0 Å². The van der Waals surface area contributed by atoms with E-state index in [1.54, 1.807) is 0 Å². The van der Waals surface area contributed by atoms with E-state index in [1.165, 1.54) is 23.3 Å². The maximum atomic E-state index is 5.67. The van der Waals surface area contributed by atoms with Crippen molar-refractivity contribution < 1.29 is 4.42 Å².